The van der Waals surface area contributed by atoms with Crippen LogP contribution in [0.4, 0.5) is 11.4 Å². The van der Waals surface area contributed by atoms with Gasteiger partial charge in [-0.3, -0.25) is 24.6 Å². The Bertz CT molecular complexity index is 560. The smallest absolute Gasteiger partial charge is 0.270 e. The van der Waals surface area contributed by atoms with Gasteiger partial charge in [0.25, 0.3) is 5.69 Å². The highest BCUT2D eigenvalue weighted by molar-refractivity contribution is 9.10. The van der Waals surface area contributed by atoms with Gasteiger partial charge in [0.05, 0.1) is 4.92 Å². The number of carbonyl (C=O) groups is 2. The maximum Gasteiger partial charge on any atom is 0.270 e. The molecule has 7 nitrogen and oxygen atoms in total. The molecule has 1 fully saturated rings. The number of carbonyl (C=O) groups excluding carboxylic acids is 2. The number of anilines is 1. The second-order valence-electron chi connectivity index (χ2n) is 4.29. The summed E-state index contributed by atoms with van der Waals surface area (Å²) in [5.74, 6) is -0.306. The Morgan fingerprint density at radius 1 is 1.30 bits per heavy atom. The number of nitro groups is 1. The zero-order valence-electron chi connectivity index (χ0n) is 10.5. The van der Waals surface area contributed by atoms with E-state index in [0.29, 0.717) is 23.2 Å². The lowest BCUT2D eigenvalue weighted by Gasteiger charge is -2.15. The summed E-state index contributed by atoms with van der Waals surface area (Å²) in [4.78, 5) is 34.2. The lowest BCUT2D eigenvalue weighted by molar-refractivity contribution is -0.384. The quantitative estimate of drug-likeness (QED) is 0.501. The van der Waals surface area contributed by atoms with Crippen molar-refractivity contribution in [3.63, 3.8) is 0 Å². The van der Waals surface area contributed by atoms with E-state index in [9.17, 15) is 19.7 Å². The third-order valence-electron chi connectivity index (χ3n) is 2.97. The molecule has 0 saturated carbocycles. The van der Waals surface area contributed by atoms with Gasteiger partial charge >= 0.3 is 0 Å². The van der Waals surface area contributed by atoms with Crippen LogP contribution in [0, 0.1) is 10.1 Å². The lowest BCUT2D eigenvalue weighted by atomic mass is 10.3. The number of halogens is 1. The standard InChI is InChI=1S/C12H12BrN3O4/c13-9-7-8(16(19)20)1-2-10(9)14-5-6-15-11(17)3-4-12(15)18/h1-2,7,14H,3-6H2. The SMILES string of the molecule is O=C1CCC(=O)N1CCNc1ccc([N+](=O)[O-])cc1Br. The molecule has 0 unspecified atom stereocenters. The first-order chi connectivity index (χ1) is 9.49. The first-order valence-electron chi connectivity index (χ1n) is 6.00. The van der Waals surface area contributed by atoms with Gasteiger partial charge in [-0.25, -0.2) is 0 Å². The number of hydrogen-bond donors (Lipinski definition) is 1. The zero-order valence-corrected chi connectivity index (χ0v) is 12.1. The number of nitrogens with zero attached hydrogens (tertiary/aromatic N) is 2. The van der Waals surface area contributed by atoms with Gasteiger partial charge in [-0.05, 0) is 22.0 Å². The van der Waals surface area contributed by atoms with E-state index >= 15 is 0 Å². The summed E-state index contributed by atoms with van der Waals surface area (Å²) in [6.45, 7) is 0.689. The Morgan fingerprint density at radius 2 is 1.95 bits per heavy atom. The van der Waals surface area contributed by atoms with Gasteiger partial charge in [0.15, 0.2) is 0 Å². The van der Waals surface area contributed by atoms with E-state index in [1.54, 1.807) is 6.07 Å². The minimum Gasteiger partial charge on any atom is -0.382 e. The van der Waals surface area contributed by atoms with Crippen LogP contribution in [0.5, 0.6) is 0 Å². The fraction of sp³-hybridized carbons (Fsp3) is 0.333. The molecule has 1 heterocycles. The number of imide groups is 1. The van der Waals surface area contributed by atoms with Crippen LogP contribution in [0.2, 0.25) is 0 Å². The molecule has 0 radical (unpaired) electrons. The molecule has 1 N–H and O–H groups in total. The number of hydrogen-bond acceptors (Lipinski definition) is 5. The second kappa shape index (κ2) is 6.00. The molecule has 1 aromatic rings. The van der Waals surface area contributed by atoms with Gasteiger partial charge in [0.1, 0.15) is 0 Å². The van der Waals surface area contributed by atoms with Crippen molar-refractivity contribution >= 4 is 39.1 Å². The normalized spacial score (nSPS) is 14.8. The maximum atomic E-state index is 11.4. The number of nitrogens with one attached hydrogen (secondary N) is 1. The van der Waals surface area contributed by atoms with Crippen molar-refractivity contribution in [2.75, 3.05) is 18.4 Å². The first-order valence-corrected chi connectivity index (χ1v) is 6.79. The molecule has 0 atom stereocenters. The number of rotatable bonds is 5. The molecular weight excluding hydrogens is 330 g/mol. The maximum absolute atomic E-state index is 11.4. The summed E-state index contributed by atoms with van der Waals surface area (Å²) >= 11 is 3.24. The monoisotopic (exact) mass is 341 g/mol. The van der Waals surface area contributed by atoms with Gasteiger partial charge in [-0.15, -0.1) is 0 Å². The molecule has 0 aliphatic carbocycles. The molecule has 2 rings (SSSR count). The fourth-order valence-corrected chi connectivity index (χ4v) is 2.44. The number of amides is 2. The summed E-state index contributed by atoms with van der Waals surface area (Å²) < 4.78 is 0.561. The number of nitro benzene ring substituents is 1. The Balaban J connectivity index is 1.93. The molecule has 1 aliphatic heterocycles. The van der Waals surface area contributed by atoms with Gasteiger partial charge in [0.2, 0.25) is 11.8 Å². The topological polar surface area (TPSA) is 92.6 Å². The van der Waals surface area contributed by atoms with Crippen molar-refractivity contribution in [2.24, 2.45) is 0 Å². The van der Waals surface area contributed by atoms with Crippen molar-refractivity contribution in [3.05, 3.63) is 32.8 Å². The van der Waals surface area contributed by atoms with Crippen LogP contribution >= 0.6 is 15.9 Å². The van der Waals surface area contributed by atoms with E-state index in [1.807, 2.05) is 0 Å². The predicted octanol–water partition coefficient (Wildman–Crippen LogP) is 1.92. The average molecular weight is 342 g/mol. The summed E-state index contributed by atoms with van der Waals surface area (Å²) in [6.07, 6.45) is 0.556. The third-order valence-corrected chi connectivity index (χ3v) is 3.63. The number of benzene rings is 1. The molecular formula is C12H12BrN3O4. The molecule has 106 valence electrons. The number of likely N-dealkylation sites (tertiary alicyclic amines) is 1. The summed E-state index contributed by atoms with van der Waals surface area (Å²) in [5.41, 5.74) is 0.669. The Morgan fingerprint density at radius 3 is 2.50 bits per heavy atom. The van der Waals surface area contributed by atoms with E-state index in [0.717, 1.165) is 0 Å². The van der Waals surface area contributed by atoms with E-state index in [2.05, 4.69) is 21.2 Å². The first kappa shape index (κ1) is 14.4. The van der Waals surface area contributed by atoms with Crippen LogP contribution in [0.25, 0.3) is 0 Å². The van der Waals surface area contributed by atoms with Crippen molar-refractivity contribution in [2.45, 2.75) is 12.8 Å². The third kappa shape index (κ3) is 3.13. The van der Waals surface area contributed by atoms with Crippen molar-refractivity contribution in [1.29, 1.82) is 0 Å². The van der Waals surface area contributed by atoms with Crippen LogP contribution in [0.3, 0.4) is 0 Å². The summed E-state index contributed by atoms with van der Waals surface area (Å²) in [5, 5.41) is 13.6. The van der Waals surface area contributed by atoms with Crippen LogP contribution in [0.1, 0.15) is 12.8 Å². The largest absolute Gasteiger partial charge is 0.382 e. The van der Waals surface area contributed by atoms with Crippen molar-refractivity contribution in [3.8, 4) is 0 Å². The summed E-state index contributed by atoms with van der Waals surface area (Å²) in [7, 11) is 0. The van der Waals surface area contributed by atoms with E-state index < -0.39 is 4.92 Å². The Labute approximate surface area is 123 Å². The lowest BCUT2D eigenvalue weighted by Crippen LogP contribution is -2.33. The van der Waals surface area contributed by atoms with Gasteiger partial charge < -0.3 is 5.32 Å². The average Bonchev–Trinajstić information content (AvgIpc) is 2.71. The minimum atomic E-state index is -0.476. The van der Waals surface area contributed by atoms with Crippen LogP contribution in [-0.2, 0) is 9.59 Å². The molecule has 1 aromatic carbocycles. The van der Waals surface area contributed by atoms with Gasteiger partial charge in [-0.1, -0.05) is 0 Å². The Hall–Kier alpha value is -1.96. The van der Waals surface area contributed by atoms with Crippen LogP contribution < -0.4 is 5.32 Å². The predicted molar refractivity (Wildman–Crippen MR) is 75.2 cm³/mol. The minimum absolute atomic E-state index is 0.00711. The van der Waals surface area contributed by atoms with Crippen LogP contribution in [0.15, 0.2) is 22.7 Å². The molecule has 0 spiro atoms. The molecule has 1 saturated heterocycles. The number of non-ortho nitro benzene ring substituents is 1. The van der Waals surface area contributed by atoms with E-state index in [4.69, 9.17) is 0 Å². The van der Waals surface area contributed by atoms with E-state index in [-0.39, 0.29) is 30.3 Å². The Kier molecular flexibility index (Phi) is 4.33. The molecule has 8 heteroatoms. The van der Waals surface area contributed by atoms with Gasteiger partial charge in [0, 0.05) is 48.2 Å². The zero-order chi connectivity index (χ0) is 14.7. The summed E-state index contributed by atoms with van der Waals surface area (Å²) in [6, 6.07) is 4.36. The molecule has 20 heavy (non-hydrogen) atoms. The highest BCUT2D eigenvalue weighted by atomic mass is 79.9. The van der Waals surface area contributed by atoms with Gasteiger partial charge in [-0.2, -0.15) is 0 Å². The molecule has 1 aliphatic rings. The van der Waals surface area contributed by atoms with Crippen molar-refractivity contribution in [1.82, 2.24) is 4.90 Å². The van der Waals surface area contributed by atoms with Crippen molar-refractivity contribution < 1.29 is 14.5 Å². The highest BCUT2D eigenvalue weighted by Gasteiger charge is 2.28. The second-order valence-corrected chi connectivity index (χ2v) is 5.14. The fourth-order valence-electron chi connectivity index (χ4n) is 1.94. The highest BCUT2D eigenvalue weighted by Crippen LogP contribution is 2.26. The van der Waals surface area contributed by atoms with Crippen LogP contribution in [-0.4, -0.2) is 34.7 Å². The molecule has 2 amide bonds. The molecule has 0 bridgehead atoms. The molecule has 0 aromatic heterocycles. The van der Waals surface area contributed by atoms with E-state index in [1.165, 1.54) is 17.0 Å².